The van der Waals surface area contributed by atoms with E-state index >= 15 is 0 Å². The normalized spacial score (nSPS) is 23.4. The lowest BCUT2D eigenvalue weighted by atomic mass is 9.79. The lowest BCUT2D eigenvalue weighted by Crippen LogP contribution is -2.58. The number of likely N-dealkylation sites (tertiary alicyclic amines) is 1. The van der Waals surface area contributed by atoms with Gasteiger partial charge in [0.25, 0.3) is 12.3 Å². The highest BCUT2D eigenvalue weighted by Gasteiger charge is 2.45. The van der Waals surface area contributed by atoms with Crippen LogP contribution in [0.5, 0.6) is 5.75 Å². The molecule has 1 aromatic heterocycles. The summed E-state index contributed by atoms with van der Waals surface area (Å²) in [5.41, 5.74) is 2.96. The molecule has 192 valence electrons. The van der Waals surface area contributed by atoms with E-state index in [0.717, 1.165) is 29.0 Å². The Morgan fingerprint density at radius 3 is 2.80 bits per heavy atom. The van der Waals surface area contributed by atoms with Crippen molar-refractivity contribution in [3.8, 4) is 5.75 Å². The molecule has 1 amide bonds. The van der Waals surface area contributed by atoms with Gasteiger partial charge in [0.2, 0.25) is 0 Å². The third-order valence-corrected chi connectivity index (χ3v) is 6.96. The summed E-state index contributed by atoms with van der Waals surface area (Å²) in [7, 11) is 0. The van der Waals surface area contributed by atoms with Crippen LogP contribution in [0.2, 0.25) is 0 Å². The first kappa shape index (κ1) is 25.6. The Labute approximate surface area is 205 Å². The summed E-state index contributed by atoms with van der Waals surface area (Å²) in [5, 5.41) is 7.38. The van der Waals surface area contributed by atoms with Gasteiger partial charge in [-0.3, -0.25) is 14.8 Å². The number of hydrogen-bond acceptors (Lipinski definition) is 5. The number of aromatic amines is 1. The van der Waals surface area contributed by atoms with E-state index < -0.39 is 12.0 Å². The van der Waals surface area contributed by atoms with Crippen molar-refractivity contribution in [2.24, 2.45) is 0 Å². The van der Waals surface area contributed by atoms with Gasteiger partial charge in [-0.1, -0.05) is 6.92 Å². The smallest absolute Gasteiger partial charge is 0.255 e. The minimum absolute atomic E-state index is 0.00195. The highest BCUT2D eigenvalue weighted by Crippen LogP contribution is 2.40. The molecule has 0 radical (unpaired) electrons. The van der Waals surface area contributed by atoms with Gasteiger partial charge in [-0.25, -0.2) is 8.78 Å². The number of H-pyrrole nitrogens is 1. The van der Waals surface area contributed by atoms with Gasteiger partial charge in [-0.15, -0.1) is 0 Å². The van der Waals surface area contributed by atoms with Crippen molar-refractivity contribution in [2.75, 3.05) is 32.9 Å². The molecule has 3 heterocycles. The second kappa shape index (κ2) is 10.6. The average Bonchev–Trinajstić information content (AvgIpc) is 3.28. The molecule has 0 bridgehead atoms. The zero-order chi connectivity index (χ0) is 25.2. The van der Waals surface area contributed by atoms with Crippen LogP contribution in [0.4, 0.5) is 8.78 Å². The predicted octanol–water partition coefficient (Wildman–Crippen LogP) is 4.38. The average molecular weight is 491 g/mol. The Bertz CT molecular complexity index is 1020. The summed E-state index contributed by atoms with van der Waals surface area (Å²) in [6.45, 7) is 9.24. The second-order valence-electron chi connectivity index (χ2n) is 10.1. The summed E-state index contributed by atoms with van der Waals surface area (Å²) in [5.74, 6) is 0.668. The number of benzene rings is 1. The second-order valence-corrected chi connectivity index (χ2v) is 10.1. The maximum absolute atomic E-state index is 13.3. The van der Waals surface area contributed by atoms with Crippen molar-refractivity contribution in [1.29, 1.82) is 0 Å². The van der Waals surface area contributed by atoms with Gasteiger partial charge < -0.3 is 14.4 Å². The maximum atomic E-state index is 13.3. The summed E-state index contributed by atoms with van der Waals surface area (Å²) >= 11 is 0. The van der Waals surface area contributed by atoms with Gasteiger partial charge >= 0.3 is 0 Å². The number of alkyl halides is 2. The first-order valence-electron chi connectivity index (χ1n) is 12.4. The Balaban J connectivity index is 1.46. The number of amides is 1. The Hall–Kier alpha value is -2.52. The number of ether oxygens (including phenoxy) is 2. The third kappa shape index (κ3) is 5.83. The molecule has 2 atom stereocenters. The largest absolute Gasteiger partial charge is 0.491 e. The number of rotatable bonds is 7. The predicted molar refractivity (Wildman–Crippen MR) is 129 cm³/mol. The molecule has 2 fully saturated rings. The van der Waals surface area contributed by atoms with Crippen molar-refractivity contribution in [1.82, 2.24) is 20.0 Å². The van der Waals surface area contributed by atoms with Gasteiger partial charge in [-0.2, -0.15) is 5.10 Å². The van der Waals surface area contributed by atoms with Gasteiger partial charge in [0.15, 0.2) is 0 Å². The van der Waals surface area contributed by atoms with Crippen LogP contribution in [0.15, 0.2) is 24.4 Å². The van der Waals surface area contributed by atoms with Crippen molar-refractivity contribution in [3.05, 3.63) is 46.8 Å². The summed E-state index contributed by atoms with van der Waals surface area (Å²) < 4.78 is 38.7. The molecule has 0 aliphatic carbocycles. The number of aryl methyl sites for hydroxylation is 2. The number of halogens is 2. The fourth-order valence-electron chi connectivity index (χ4n) is 5.33. The van der Waals surface area contributed by atoms with Crippen LogP contribution >= 0.6 is 0 Å². The topological polar surface area (TPSA) is 70.7 Å². The Morgan fingerprint density at radius 1 is 1.37 bits per heavy atom. The zero-order valence-electron chi connectivity index (χ0n) is 21.0. The molecular formula is C26H36F2N4O3. The molecule has 1 aromatic carbocycles. The van der Waals surface area contributed by atoms with E-state index in [4.69, 9.17) is 9.47 Å². The molecule has 0 saturated carbocycles. The van der Waals surface area contributed by atoms with E-state index in [1.54, 1.807) is 15.9 Å². The van der Waals surface area contributed by atoms with Crippen molar-refractivity contribution < 1.29 is 23.0 Å². The van der Waals surface area contributed by atoms with Crippen LogP contribution in [-0.2, 0) is 11.2 Å². The van der Waals surface area contributed by atoms with E-state index in [9.17, 15) is 13.6 Å². The molecule has 7 nitrogen and oxygen atoms in total. The number of nitrogens with one attached hydrogen (secondary N) is 1. The van der Waals surface area contributed by atoms with Gasteiger partial charge in [0.1, 0.15) is 12.5 Å². The SMILES string of the molecule is CCc1c[nH]nc1C1CN(CC(F)F)CC2(CCN(C(=O)c3ccc(OC(C)C)c(C)c3)CO2)C1. The maximum Gasteiger partial charge on any atom is 0.255 e. The summed E-state index contributed by atoms with van der Waals surface area (Å²) in [6, 6.07) is 5.45. The van der Waals surface area contributed by atoms with E-state index in [1.165, 1.54) is 0 Å². The van der Waals surface area contributed by atoms with E-state index in [0.29, 0.717) is 38.0 Å². The van der Waals surface area contributed by atoms with Crippen LogP contribution < -0.4 is 4.74 Å². The van der Waals surface area contributed by atoms with Crippen LogP contribution in [0.3, 0.4) is 0 Å². The molecule has 2 saturated heterocycles. The third-order valence-electron chi connectivity index (χ3n) is 6.96. The summed E-state index contributed by atoms with van der Waals surface area (Å²) in [4.78, 5) is 16.7. The van der Waals surface area contributed by atoms with Crippen molar-refractivity contribution in [2.45, 2.75) is 71.0 Å². The fourth-order valence-corrected chi connectivity index (χ4v) is 5.33. The van der Waals surface area contributed by atoms with Gasteiger partial charge in [0, 0.05) is 37.3 Å². The lowest BCUT2D eigenvalue weighted by Gasteiger charge is -2.49. The van der Waals surface area contributed by atoms with E-state index in [-0.39, 0.29) is 31.2 Å². The van der Waals surface area contributed by atoms with E-state index in [2.05, 4.69) is 17.1 Å². The van der Waals surface area contributed by atoms with Gasteiger partial charge in [0.05, 0.1) is 23.9 Å². The number of piperidine rings is 1. The lowest BCUT2D eigenvalue weighted by molar-refractivity contribution is -0.159. The standard InChI is InChI=1S/C26H36F2N4O3/c1-5-19-12-29-30-24(19)21-11-26(15-31(13-21)14-23(27)28)8-9-32(16-34-26)25(33)20-6-7-22(18(4)10-20)35-17(2)3/h6-7,10,12,17,21,23H,5,8-9,11,13-16H2,1-4H3,(H,29,30). The van der Waals surface area contributed by atoms with Crippen molar-refractivity contribution in [3.63, 3.8) is 0 Å². The number of aromatic nitrogens is 2. The fraction of sp³-hybridized carbons (Fsp3) is 0.615. The zero-order valence-corrected chi connectivity index (χ0v) is 21.0. The minimum Gasteiger partial charge on any atom is -0.491 e. The number of carbonyl (C=O) groups is 1. The molecule has 1 spiro atoms. The molecule has 2 unspecified atom stereocenters. The molecule has 2 aromatic rings. The van der Waals surface area contributed by atoms with E-state index in [1.807, 2.05) is 39.1 Å². The Kier molecular flexibility index (Phi) is 7.76. The minimum atomic E-state index is -2.41. The molecule has 4 rings (SSSR count). The van der Waals surface area contributed by atoms with Crippen molar-refractivity contribution >= 4 is 5.91 Å². The molecule has 35 heavy (non-hydrogen) atoms. The molecule has 2 aliphatic rings. The Morgan fingerprint density at radius 2 is 2.17 bits per heavy atom. The van der Waals surface area contributed by atoms with Crippen LogP contribution in [0.25, 0.3) is 0 Å². The van der Waals surface area contributed by atoms with Gasteiger partial charge in [-0.05, 0) is 69.4 Å². The quantitative estimate of drug-likeness (QED) is 0.624. The first-order chi connectivity index (χ1) is 16.7. The number of hydrogen-bond donors (Lipinski definition) is 1. The van der Waals surface area contributed by atoms with Crippen LogP contribution in [0, 0.1) is 6.92 Å². The van der Waals surface area contributed by atoms with Crippen LogP contribution in [0.1, 0.15) is 66.7 Å². The highest BCUT2D eigenvalue weighted by molar-refractivity contribution is 5.94. The van der Waals surface area contributed by atoms with Crippen LogP contribution in [-0.4, -0.2) is 76.9 Å². The molecule has 1 N–H and O–H groups in total. The first-order valence-corrected chi connectivity index (χ1v) is 12.4. The monoisotopic (exact) mass is 490 g/mol. The highest BCUT2D eigenvalue weighted by atomic mass is 19.3. The number of nitrogens with zero attached hydrogens (tertiary/aromatic N) is 3. The molecular weight excluding hydrogens is 454 g/mol. The molecule has 2 aliphatic heterocycles. The number of carbonyl (C=O) groups excluding carboxylic acids is 1. The molecule has 9 heteroatoms. The summed E-state index contributed by atoms with van der Waals surface area (Å²) in [6.07, 6.45) is 1.65.